The normalized spacial score (nSPS) is 30.0. The number of rotatable bonds is 2. The summed E-state index contributed by atoms with van der Waals surface area (Å²) in [5.41, 5.74) is 5.66. The molecule has 2 rings (SSSR count). The van der Waals surface area contributed by atoms with Crippen molar-refractivity contribution in [1.29, 1.82) is 0 Å². The Labute approximate surface area is 90.0 Å². The van der Waals surface area contributed by atoms with E-state index >= 15 is 0 Å². The van der Waals surface area contributed by atoms with E-state index in [9.17, 15) is 4.79 Å². The number of hydrogen-bond acceptors (Lipinski definition) is 2. The number of nitrogens with two attached hydrogens (primary N) is 1. The summed E-state index contributed by atoms with van der Waals surface area (Å²) in [7, 11) is 0. The quantitative estimate of drug-likeness (QED) is 0.846. The molecule has 14 heavy (non-hydrogen) atoms. The lowest BCUT2D eigenvalue weighted by Crippen LogP contribution is -2.34. The highest BCUT2D eigenvalue weighted by atomic mass is 79.9. The highest BCUT2D eigenvalue weighted by Gasteiger charge is 2.58. The van der Waals surface area contributed by atoms with Crippen LogP contribution in [0.25, 0.3) is 0 Å². The van der Waals surface area contributed by atoms with E-state index in [4.69, 9.17) is 10.8 Å². The van der Waals surface area contributed by atoms with Crippen molar-refractivity contribution in [2.75, 3.05) is 0 Å². The zero-order valence-electron chi connectivity index (χ0n) is 7.40. The topological polar surface area (TPSA) is 63.3 Å². The molecule has 0 heterocycles. The highest BCUT2D eigenvalue weighted by molar-refractivity contribution is 9.10. The Hall–Kier alpha value is -0.870. The Morgan fingerprint density at radius 3 is 2.50 bits per heavy atom. The minimum Gasteiger partial charge on any atom is -0.480 e. The second-order valence-electron chi connectivity index (χ2n) is 3.65. The minimum atomic E-state index is -1.03. The van der Waals surface area contributed by atoms with Crippen molar-refractivity contribution < 1.29 is 9.90 Å². The zero-order valence-corrected chi connectivity index (χ0v) is 8.99. The molecule has 0 amide bonds. The average Bonchev–Trinajstić information content (AvgIpc) is 2.81. The predicted octanol–water partition coefficient (Wildman–Crippen LogP) is 1.72. The summed E-state index contributed by atoms with van der Waals surface area (Å²) in [5.74, 6) is -0.946. The Kier molecular flexibility index (Phi) is 2.12. The second kappa shape index (κ2) is 3.07. The first-order valence-corrected chi connectivity index (χ1v) is 5.11. The van der Waals surface area contributed by atoms with Crippen molar-refractivity contribution in [1.82, 2.24) is 0 Å². The fourth-order valence-corrected chi connectivity index (χ4v) is 1.89. The smallest absolute Gasteiger partial charge is 0.324 e. The molecule has 74 valence electrons. The molecule has 2 atom stereocenters. The minimum absolute atomic E-state index is 0.0342. The summed E-state index contributed by atoms with van der Waals surface area (Å²) >= 11 is 3.32. The maximum atomic E-state index is 10.8. The maximum Gasteiger partial charge on any atom is 0.324 e. The van der Waals surface area contributed by atoms with Crippen molar-refractivity contribution in [3.05, 3.63) is 34.3 Å². The van der Waals surface area contributed by atoms with Crippen molar-refractivity contribution in [3.63, 3.8) is 0 Å². The van der Waals surface area contributed by atoms with Crippen molar-refractivity contribution in [2.45, 2.75) is 17.9 Å². The summed E-state index contributed by atoms with van der Waals surface area (Å²) in [6.45, 7) is 0. The van der Waals surface area contributed by atoms with Gasteiger partial charge in [0.15, 0.2) is 0 Å². The third kappa shape index (κ3) is 1.44. The third-order valence-corrected chi connectivity index (χ3v) is 3.20. The monoisotopic (exact) mass is 255 g/mol. The van der Waals surface area contributed by atoms with Gasteiger partial charge >= 0.3 is 5.97 Å². The molecule has 1 fully saturated rings. The predicted molar refractivity (Wildman–Crippen MR) is 56.1 cm³/mol. The van der Waals surface area contributed by atoms with E-state index in [0.29, 0.717) is 6.42 Å². The SMILES string of the molecule is N[C@@]1(C(=O)O)C[C@H]1c1ccc(Br)cc1. The number of aliphatic carboxylic acids is 1. The van der Waals surface area contributed by atoms with E-state index in [1.165, 1.54) is 0 Å². The van der Waals surface area contributed by atoms with Crippen LogP contribution in [0.1, 0.15) is 17.9 Å². The van der Waals surface area contributed by atoms with E-state index in [1.807, 2.05) is 24.3 Å². The third-order valence-electron chi connectivity index (χ3n) is 2.67. The molecule has 1 aromatic rings. The Bertz CT molecular complexity index is 376. The van der Waals surface area contributed by atoms with E-state index in [1.54, 1.807) is 0 Å². The average molecular weight is 256 g/mol. The summed E-state index contributed by atoms with van der Waals surface area (Å²) in [4.78, 5) is 10.8. The van der Waals surface area contributed by atoms with E-state index in [0.717, 1.165) is 10.0 Å². The standard InChI is InChI=1S/C10H10BrNO2/c11-7-3-1-6(2-4-7)8-5-10(8,12)9(13)14/h1-4,8H,5,12H2,(H,13,14)/t8-,10-/m0/s1. The van der Waals surface area contributed by atoms with Gasteiger partial charge in [0.25, 0.3) is 0 Å². The van der Waals surface area contributed by atoms with Crippen LogP contribution in [0.15, 0.2) is 28.7 Å². The van der Waals surface area contributed by atoms with Gasteiger partial charge in [-0.15, -0.1) is 0 Å². The summed E-state index contributed by atoms with van der Waals surface area (Å²) in [6.07, 6.45) is 0.532. The number of halogens is 1. The molecule has 0 aromatic heterocycles. The van der Waals surface area contributed by atoms with Gasteiger partial charge in [0.1, 0.15) is 5.54 Å². The Balaban J connectivity index is 2.21. The highest BCUT2D eigenvalue weighted by Crippen LogP contribution is 2.49. The molecule has 3 N–H and O–H groups in total. The molecule has 0 unspecified atom stereocenters. The summed E-state index contributed by atoms with van der Waals surface area (Å²) in [6, 6.07) is 7.62. The van der Waals surface area contributed by atoms with Crippen LogP contribution >= 0.6 is 15.9 Å². The van der Waals surface area contributed by atoms with Crippen LogP contribution in [0.4, 0.5) is 0 Å². The van der Waals surface area contributed by atoms with Crippen molar-refractivity contribution >= 4 is 21.9 Å². The van der Waals surface area contributed by atoms with E-state index in [2.05, 4.69) is 15.9 Å². The number of carboxylic acids is 1. The van der Waals surface area contributed by atoms with E-state index < -0.39 is 11.5 Å². The lowest BCUT2D eigenvalue weighted by atomic mass is 10.1. The van der Waals surface area contributed by atoms with Crippen LogP contribution in [0.3, 0.4) is 0 Å². The molecule has 1 aliphatic rings. The van der Waals surface area contributed by atoms with Crippen LogP contribution in [-0.4, -0.2) is 16.6 Å². The summed E-state index contributed by atoms with van der Waals surface area (Å²) < 4.78 is 0.986. The molecule has 0 saturated heterocycles. The molecule has 0 spiro atoms. The molecule has 1 saturated carbocycles. The van der Waals surface area contributed by atoms with Crippen LogP contribution < -0.4 is 5.73 Å². The maximum absolute atomic E-state index is 10.8. The van der Waals surface area contributed by atoms with Gasteiger partial charge in [-0.2, -0.15) is 0 Å². The molecule has 0 bridgehead atoms. The first-order chi connectivity index (χ1) is 6.54. The van der Waals surface area contributed by atoms with Gasteiger partial charge in [-0.25, -0.2) is 0 Å². The Morgan fingerprint density at radius 1 is 1.50 bits per heavy atom. The fraction of sp³-hybridized carbons (Fsp3) is 0.300. The molecule has 0 radical (unpaired) electrons. The van der Waals surface area contributed by atoms with Gasteiger partial charge in [-0.3, -0.25) is 4.79 Å². The number of carbonyl (C=O) groups is 1. The van der Waals surface area contributed by atoms with Gasteiger partial charge in [0, 0.05) is 10.4 Å². The fourth-order valence-electron chi connectivity index (χ4n) is 1.63. The van der Waals surface area contributed by atoms with Crippen molar-refractivity contribution in [2.24, 2.45) is 5.73 Å². The van der Waals surface area contributed by atoms with Crippen LogP contribution in [0.2, 0.25) is 0 Å². The van der Waals surface area contributed by atoms with Crippen molar-refractivity contribution in [3.8, 4) is 0 Å². The van der Waals surface area contributed by atoms with Gasteiger partial charge in [-0.1, -0.05) is 28.1 Å². The molecule has 3 nitrogen and oxygen atoms in total. The van der Waals surface area contributed by atoms with Crippen LogP contribution in [-0.2, 0) is 4.79 Å². The molecular weight excluding hydrogens is 246 g/mol. The molecule has 1 aliphatic carbocycles. The van der Waals surface area contributed by atoms with Gasteiger partial charge in [0.2, 0.25) is 0 Å². The molecular formula is C10H10BrNO2. The molecule has 1 aromatic carbocycles. The number of carboxylic acid groups (broad SMARTS) is 1. The molecule has 0 aliphatic heterocycles. The molecule has 4 heteroatoms. The number of hydrogen-bond donors (Lipinski definition) is 2. The van der Waals surface area contributed by atoms with Gasteiger partial charge in [0.05, 0.1) is 0 Å². The van der Waals surface area contributed by atoms with Crippen LogP contribution in [0, 0.1) is 0 Å². The van der Waals surface area contributed by atoms with E-state index in [-0.39, 0.29) is 5.92 Å². The zero-order chi connectivity index (χ0) is 10.3. The largest absolute Gasteiger partial charge is 0.480 e. The second-order valence-corrected chi connectivity index (χ2v) is 4.57. The van der Waals surface area contributed by atoms with Gasteiger partial charge < -0.3 is 10.8 Å². The first-order valence-electron chi connectivity index (χ1n) is 4.32. The summed E-state index contributed by atoms with van der Waals surface area (Å²) in [5, 5.41) is 8.86. The Morgan fingerprint density at radius 2 is 2.07 bits per heavy atom. The van der Waals surface area contributed by atoms with Gasteiger partial charge in [-0.05, 0) is 24.1 Å². The number of benzene rings is 1. The lowest BCUT2D eigenvalue weighted by Gasteiger charge is -2.05. The van der Waals surface area contributed by atoms with Crippen LogP contribution in [0.5, 0.6) is 0 Å². The lowest BCUT2D eigenvalue weighted by molar-refractivity contribution is -0.139. The first kappa shape index (κ1) is 9.68.